The van der Waals surface area contributed by atoms with Crippen molar-refractivity contribution in [3.63, 3.8) is 0 Å². The molecule has 0 aromatic heterocycles. The molecule has 120 valence electrons. The van der Waals surface area contributed by atoms with Gasteiger partial charge in [-0.2, -0.15) is 11.8 Å². The van der Waals surface area contributed by atoms with Crippen LogP contribution >= 0.6 is 11.8 Å². The Labute approximate surface area is 131 Å². The first-order chi connectivity index (χ1) is 10.0. The lowest BCUT2D eigenvalue weighted by Gasteiger charge is -2.42. The predicted octanol–water partition coefficient (Wildman–Crippen LogP) is 2.51. The van der Waals surface area contributed by atoms with E-state index in [0.717, 1.165) is 31.7 Å². The SMILES string of the molecule is CCC1CN(C(=O)N2CCCC(CC)(C(=O)O)C2)CCS1. The molecule has 5 nitrogen and oxygen atoms in total. The Bertz CT molecular complexity index is 404. The Morgan fingerprint density at radius 3 is 2.67 bits per heavy atom. The normalized spacial score (nSPS) is 30.3. The average Bonchev–Trinajstić information content (AvgIpc) is 2.54. The van der Waals surface area contributed by atoms with Crippen LogP contribution in [-0.4, -0.2) is 64.1 Å². The van der Waals surface area contributed by atoms with E-state index >= 15 is 0 Å². The highest BCUT2D eigenvalue weighted by molar-refractivity contribution is 8.00. The zero-order valence-electron chi connectivity index (χ0n) is 13.0. The van der Waals surface area contributed by atoms with Gasteiger partial charge in [-0.3, -0.25) is 4.79 Å². The van der Waals surface area contributed by atoms with E-state index < -0.39 is 11.4 Å². The van der Waals surface area contributed by atoms with E-state index in [9.17, 15) is 14.7 Å². The second-order valence-electron chi connectivity index (χ2n) is 6.09. The number of carbonyl (C=O) groups is 2. The van der Waals surface area contributed by atoms with Crippen LogP contribution in [0.25, 0.3) is 0 Å². The monoisotopic (exact) mass is 314 g/mol. The van der Waals surface area contributed by atoms with Crippen LogP contribution in [0.15, 0.2) is 0 Å². The fraction of sp³-hybridized carbons (Fsp3) is 0.867. The highest BCUT2D eigenvalue weighted by atomic mass is 32.2. The second-order valence-corrected chi connectivity index (χ2v) is 7.50. The van der Waals surface area contributed by atoms with E-state index in [1.807, 2.05) is 23.6 Å². The molecule has 0 aliphatic carbocycles. The van der Waals surface area contributed by atoms with Crippen LogP contribution in [0.1, 0.15) is 39.5 Å². The van der Waals surface area contributed by atoms with Crippen LogP contribution < -0.4 is 0 Å². The zero-order chi connectivity index (χ0) is 15.5. The summed E-state index contributed by atoms with van der Waals surface area (Å²) < 4.78 is 0. The topological polar surface area (TPSA) is 60.9 Å². The minimum atomic E-state index is -0.761. The van der Waals surface area contributed by atoms with Gasteiger partial charge in [-0.05, 0) is 25.7 Å². The molecule has 21 heavy (non-hydrogen) atoms. The van der Waals surface area contributed by atoms with Crippen LogP contribution in [0.2, 0.25) is 0 Å². The van der Waals surface area contributed by atoms with Gasteiger partial charge in [0, 0.05) is 37.2 Å². The summed E-state index contributed by atoms with van der Waals surface area (Å²) in [5, 5.41) is 10.0. The summed E-state index contributed by atoms with van der Waals surface area (Å²) in [5.74, 6) is 0.221. The molecule has 2 rings (SSSR count). The lowest BCUT2D eigenvalue weighted by molar-refractivity contribution is -0.152. The summed E-state index contributed by atoms with van der Waals surface area (Å²) in [6.07, 6.45) is 3.11. The first-order valence-corrected chi connectivity index (χ1v) is 8.96. The number of piperidine rings is 1. The average molecular weight is 314 g/mol. The third kappa shape index (κ3) is 3.47. The highest BCUT2D eigenvalue weighted by Gasteiger charge is 2.43. The molecular weight excluding hydrogens is 288 g/mol. The molecule has 2 aliphatic heterocycles. The number of likely N-dealkylation sites (tertiary alicyclic amines) is 1. The molecule has 0 spiro atoms. The number of carboxylic acid groups (broad SMARTS) is 1. The van der Waals surface area contributed by atoms with E-state index in [2.05, 4.69) is 6.92 Å². The second kappa shape index (κ2) is 6.90. The summed E-state index contributed by atoms with van der Waals surface area (Å²) in [5.41, 5.74) is -0.747. The number of carboxylic acids is 1. The van der Waals surface area contributed by atoms with E-state index in [0.29, 0.717) is 31.2 Å². The number of hydrogen-bond donors (Lipinski definition) is 1. The number of rotatable bonds is 3. The summed E-state index contributed by atoms with van der Waals surface area (Å²) in [4.78, 5) is 28.0. The van der Waals surface area contributed by atoms with Crippen molar-refractivity contribution in [2.45, 2.75) is 44.8 Å². The summed E-state index contributed by atoms with van der Waals surface area (Å²) >= 11 is 1.93. The fourth-order valence-corrected chi connectivity index (χ4v) is 4.43. The van der Waals surface area contributed by atoms with Crippen LogP contribution in [-0.2, 0) is 4.79 Å². The van der Waals surface area contributed by atoms with Crippen molar-refractivity contribution in [1.82, 2.24) is 9.80 Å². The largest absolute Gasteiger partial charge is 0.481 e. The standard InChI is InChI=1S/C15H26N2O3S/c1-3-12-10-16(8-9-21-12)14(20)17-7-5-6-15(4-2,11-17)13(18)19/h12H,3-11H2,1-2H3,(H,18,19). The van der Waals surface area contributed by atoms with Crippen molar-refractivity contribution >= 4 is 23.8 Å². The van der Waals surface area contributed by atoms with Crippen LogP contribution in [0.3, 0.4) is 0 Å². The lowest BCUT2D eigenvalue weighted by Crippen LogP contribution is -2.55. The Morgan fingerprint density at radius 1 is 1.29 bits per heavy atom. The van der Waals surface area contributed by atoms with Crippen molar-refractivity contribution in [3.8, 4) is 0 Å². The van der Waals surface area contributed by atoms with Gasteiger partial charge in [-0.15, -0.1) is 0 Å². The van der Waals surface area contributed by atoms with E-state index in [1.54, 1.807) is 4.90 Å². The van der Waals surface area contributed by atoms with Gasteiger partial charge in [0.05, 0.1) is 5.41 Å². The maximum atomic E-state index is 12.7. The maximum absolute atomic E-state index is 12.7. The number of urea groups is 1. The first-order valence-electron chi connectivity index (χ1n) is 7.91. The summed E-state index contributed by atoms with van der Waals surface area (Å²) in [6.45, 7) is 6.68. The van der Waals surface area contributed by atoms with E-state index in [4.69, 9.17) is 0 Å². The van der Waals surface area contributed by atoms with Gasteiger partial charge in [-0.1, -0.05) is 13.8 Å². The molecule has 2 heterocycles. The molecule has 1 N–H and O–H groups in total. The maximum Gasteiger partial charge on any atom is 0.320 e. The molecule has 2 amide bonds. The molecule has 2 saturated heterocycles. The van der Waals surface area contributed by atoms with Gasteiger partial charge in [0.25, 0.3) is 0 Å². The smallest absolute Gasteiger partial charge is 0.320 e. The number of thioether (sulfide) groups is 1. The molecule has 0 radical (unpaired) electrons. The summed E-state index contributed by atoms with van der Waals surface area (Å²) in [6, 6.07) is 0.0347. The first kappa shape index (κ1) is 16.5. The van der Waals surface area contributed by atoms with Crippen molar-refractivity contribution in [2.24, 2.45) is 5.41 Å². The number of hydrogen-bond acceptors (Lipinski definition) is 3. The van der Waals surface area contributed by atoms with Crippen LogP contribution in [0, 0.1) is 5.41 Å². The zero-order valence-corrected chi connectivity index (χ0v) is 13.8. The van der Waals surface area contributed by atoms with E-state index in [-0.39, 0.29) is 6.03 Å². The molecule has 2 aliphatic rings. The number of aliphatic carboxylic acids is 1. The quantitative estimate of drug-likeness (QED) is 0.869. The minimum absolute atomic E-state index is 0.0347. The molecule has 0 aromatic carbocycles. The Morgan fingerprint density at radius 2 is 2.05 bits per heavy atom. The molecule has 2 atom stereocenters. The van der Waals surface area contributed by atoms with Gasteiger partial charge in [0.2, 0.25) is 0 Å². The van der Waals surface area contributed by atoms with Crippen LogP contribution in [0.5, 0.6) is 0 Å². The molecule has 6 heteroatoms. The van der Waals surface area contributed by atoms with Crippen molar-refractivity contribution < 1.29 is 14.7 Å². The molecule has 0 bridgehead atoms. The Balaban J connectivity index is 2.03. The number of carbonyl (C=O) groups excluding carboxylic acids is 1. The third-order valence-electron chi connectivity index (χ3n) is 4.84. The molecule has 2 unspecified atom stereocenters. The minimum Gasteiger partial charge on any atom is -0.481 e. The Kier molecular flexibility index (Phi) is 5.41. The molecule has 0 aromatic rings. The summed E-state index contributed by atoms with van der Waals surface area (Å²) in [7, 11) is 0. The number of nitrogens with zero attached hydrogens (tertiary/aromatic N) is 2. The fourth-order valence-electron chi connectivity index (χ4n) is 3.25. The Hall–Kier alpha value is -0.910. The lowest BCUT2D eigenvalue weighted by atomic mass is 9.78. The van der Waals surface area contributed by atoms with Gasteiger partial charge in [0.15, 0.2) is 0 Å². The van der Waals surface area contributed by atoms with Gasteiger partial charge in [0.1, 0.15) is 0 Å². The van der Waals surface area contributed by atoms with Crippen molar-refractivity contribution in [1.29, 1.82) is 0 Å². The van der Waals surface area contributed by atoms with Gasteiger partial charge < -0.3 is 14.9 Å². The predicted molar refractivity (Wildman–Crippen MR) is 84.7 cm³/mol. The van der Waals surface area contributed by atoms with Crippen molar-refractivity contribution in [2.75, 3.05) is 31.9 Å². The van der Waals surface area contributed by atoms with Gasteiger partial charge in [-0.25, -0.2) is 4.79 Å². The third-order valence-corrected chi connectivity index (χ3v) is 6.21. The molecular formula is C15H26N2O3S. The highest BCUT2D eigenvalue weighted by Crippen LogP contribution is 2.34. The van der Waals surface area contributed by atoms with Crippen molar-refractivity contribution in [3.05, 3.63) is 0 Å². The van der Waals surface area contributed by atoms with Crippen LogP contribution in [0.4, 0.5) is 4.79 Å². The van der Waals surface area contributed by atoms with Gasteiger partial charge >= 0.3 is 12.0 Å². The number of amides is 2. The van der Waals surface area contributed by atoms with E-state index in [1.165, 1.54) is 0 Å². The molecule has 2 fully saturated rings. The molecule has 0 saturated carbocycles.